The van der Waals surface area contributed by atoms with Crippen molar-refractivity contribution >= 4 is 17.8 Å². The van der Waals surface area contributed by atoms with Crippen molar-refractivity contribution in [3.05, 3.63) is 34.6 Å². The Hall–Kier alpha value is -0.900. The molecule has 1 saturated heterocycles. The predicted molar refractivity (Wildman–Crippen MR) is 92.6 cm³/mol. The number of rotatable bonds is 1. The van der Waals surface area contributed by atoms with E-state index in [1.807, 2.05) is 0 Å². The Labute approximate surface area is 137 Å². The molecule has 0 saturated carbocycles. The van der Waals surface area contributed by atoms with Gasteiger partial charge in [0.15, 0.2) is 0 Å². The number of nitrogens with zero attached hydrogens (tertiary/aromatic N) is 2. The van der Waals surface area contributed by atoms with Gasteiger partial charge >= 0.3 is 0 Å². The molecule has 2 unspecified atom stereocenters. The smallest absolute Gasteiger partial charge is 0.0776 e. The van der Waals surface area contributed by atoms with E-state index in [-0.39, 0.29) is 5.38 Å². The molecule has 1 fully saturated rings. The van der Waals surface area contributed by atoms with Crippen LogP contribution in [0.3, 0.4) is 0 Å². The number of hydrogen-bond donors (Lipinski definition) is 1. The number of alkyl halides is 1. The summed E-state index contributed by atoms with van der Waals surface area (Å²) in [6, 6.07) is 0.353. The first-order valence-corrected chi connectivity index (χ1v) is 9.00. The lowest BCUT2D eigenvalue weighted by Gasteiger charge is -2.38. The van der Waals surface area contributed by atoms with Crippen molar-refractivity contribution in [1.29, 1.82) is 0 Å². The maximum atomic E-state index is 6.39. The summed E-state index contributed by atoms with van der Waals surface area (Å²) < 4.78 is 0. The number of halogens is 1. The maximum Gasteiger partial charge on any atom is 0.0776 e. The van der Waals surface area contributed by atoms with Gasteiger partial charge in [0.25, 0.3) is 0 Å². The summed E-state index contributed by atoms with van der Waals surface area (Å²) in [4.78, 5) is 7.49. The first-order chi connectivity index (χ1) is 10.8. The van der Waals surface area contributed by atoms with Crippen LogP contribution in [0.4, 0.5) is 0 Å². The first-order valence-electron chi connectivity index (χ1n) is 8.56. The zero-order valence-electron chi connectivity index (χ0n) is 13.0. The van der Waals surface area contributed by atoms with Crippen LogP contribution in [0, 0.1) is 0 Å². The van der Waals surface area contributed by atoms with E-state index in [0.717, 1.165) is 39.0 Å². The van der Waals surface area contributed by atoms with Crippen molar-refractivity contribution in [3.63, 3.8) is 0 Å². The van der Waals surface area contributed by atoms with Gasteiger partial charge in [0, 0.05) is 32.4 Å². The van der Waals surface area contributed by atoms with Gasteiger partial charge in [-0.25, -0.2) is 0 Å². The summed E-state index contributed by atoms with van der Waals surface area (Å²) in [6.07, 6.45) is 12.2. The minimum absolute atomic E-state index is 0.168. The number of piperazine rings is 1. The Balaban J connectivity index is 1.76. The van der Waals surface area contributed by atoms with Crippen LogP contribution in [0.15, 0.2) is 39.6 Å². The molecule has 3 nitrogen and oxygen atoms in total. The van der Waals surface area contributed by atoms with E-state index in [0.29, 0.717) is 6.04 Å². The fourth-order valence-corrected chi connectivity index (χ4v) is 4.43. The second kappa shape index (κ2) is 6.31. The van der Waals surface area contributed by atoms with E-state index >= 15 is 0 Å². The molecule has 0 amide bonds. The molecule has 2 atom stereocenters. The molecule has 4 aliphatic rings. The summed E-state index contributed by atoms with van der Waals surface area (Å²) in [5.74, 6) is 0. The van der Waals surface area contributed by atoms with Crippen LogP contribution in [-0.4, -0.2) is 48.7 Å². The number of allylic oxidation sites excluding steroid dienone is 3. The fraction of sp³-hybridized carbons (Fsp3) is 0.611. The van der Waals surface area contributed by atoms with Crippen molar-refractivity contribution in [1.82, 2.24) is 10.2 Å². The Morgan fingerprint density at radius 2 is 1.95 bits per heavy atom. The summed E-state index contributed by atoms with van der Waals surface area (Å²) in [7, 11) is 0. The minimum Gasteiger partial charge on any atom is -0.314 e. The van der Waals surface area contributed by atoms with Crippen LogP contribution in [0.1, 0.15) is 32.1 Å². The zero-order chi connectivity index (χ0) is 14.9. The molecular weight excluding hydrogens is 294 g/mol. The summed E-state index contributed by atoms with van der Waals surface area (Å²) in [6.45, 7) is 4.36. The highest BCUT2D eigenvalue weighted by atomic mass is 35.5. The second-order valence-corrected chi connectivity index (χ2v) is 7.23. The normalized spacial score (nSPS) is 32.8. The van der Waals surface area contributed by atoms with Gasteiger partial charge in [0.1, 0.15) is 0 Å². The third kappa shape index (κ3) is 2.70. The molecular formula is C18H24ClN3. The van der Waals surface area contributed by atoms with Gasteiger partial charge in [-0.15, -0.1) is 11.6 Å². The minimum atomic E-state index is 0.168. The molecule has 0 spiro atoms. The molecule has 0 bridgehead atoms. The van der Waals surface area contributed by atoms with Gasteiger partial charge in [-0.3, -0.25) is 9.89 Å². The Morgan fingerprint density at radius 1 is 1.14 bits per heavy atom. The Morgan fingerprint density at radius 3 is 2.82 bits per heavy atom. The van der Waals surface area contributed by atoms with E-state index in [4.69, 9.17) is 16.6 Å². The van der Waals surface area contributed by atoms with Crippen molar-refractivity contribution in [2.75, 3.05) is 26.2 Å². The van der Waals surface area contributed by atoms with Gasteiger partial charge in [0.05, 0.1) is 17.1 Å². The number of nitrogens with one attached hydrogen (secondary N) is 1. The molecule has 0 aromatic heterocycles. The van der Waals surface area contributed by atoms with Crippen LogP contribution in [0.2, 0.25) is 0 Å². The molecule has 0 radical (unpaired) electrons. The van der Waals surface area contributed by atoms with E-state index < -0.39 is 0 Å². The predicted octanol–water partition coefficient (Wildman–Crippen LogP) is 3.04. The highest BCUT2D eigenvalue weighted by Gasteiger charge is 2.34. The van der Waals surface area contributed by atoms with Gasteiger partial charge in [-0.1, -0.05) is 17.7 Å². The van der Waals surface area contributed by atoms with E-state index in [1.54, 1.807) is 11.1 Å². The Kier molecular flexibility index (Phi) is 4.21. The molecule has 4 heteroatoms. The standard InChI is InChI=1S/C18H24ClN3/c19-15-5-6-16-14(12-15)4-3-13-2-1-7-21-17(13)18(16)22-10-8-20-9-11-22/h5-7,15,18,20H,1-4,8-12H2. The van der Waals surface area contributed by atoms with Gasteiger partial charge in [0.2, 0.25) is 0 Å². The molecule has 4 rings (SSSR count). The SMILES string of the molecule is ClC1C=CC2=C(CCC3=C(N=CCC3)C2N2CCNCC2)C1. The summed E-state index contributed by atoms with van der Waals surface area (Å²) >= 11 is 6.39. The average molecular weight is 318 g/mol. The molecule has 118 valence electrons. The average Bonchev–Trinajstić information content (AvgIpc) is 2.72. The van der Waals surface area contributed by atoms with E-state index in [9.17, 15) is 0 Å². The molecule has 0 aromatic carbocycles. The van der Waals surface area contributed by atoms with Crippen LogP contribution >= 0.6 is 11.6 Å². The topological polar surface area (TPSA) is 27.6 Å². The van der Waals surface area contributed by atoms with Crippen LogP contribution in [0.25, 0.3) is 0 Å². The molecule has 2 aliphatic heterocycles. The molecule has 1 N–H and O–H groups in total. The summed E-state index contributed by atoms with van der Waals surface area (Å²) in [5, 5.41) is 3.64. The lowest BCUT2D eigenvalue weighted by Crippen LogP contribution is -2.50. The molecule has 0 aromatic rings. The van der Waals surface area contributed by atoms with Crippen LogP contribution < -0.4 is 5.32 Å². The van der Waals surface area contributed by atoms with Crippen LogP contribution in [0.5, 0.6) is 0 Å². The zero-order valence-corrected chi connectivity index (χ0v) is 13.8. The monoisotopic (exact) mass is 317 g/mol. The lowest BCUT2D eigenvalue weighted by atomic mass is 9.89. The quantitative estimate of drug-likeness (QED) is 0.753. The molecule has 2 heterocycles. The third-order valence-corrected chi connectivity index (χ3v) is 5.60. The van der Waals surface area contributed by atoms with Gasteiger partial charge in [-0.05, 0) is 43.3 Å². The van der Waals surface area contributed by atoms with E-state index in [1.165, 1.54) is 30.5 Å². The van der Waals surface area contributed by atoms with Crippen molar-refractivity contribution in [3.8, 4) is 0 Å². The number of hydrogen-bond acceptors (Lipinski definition) is 3. The molecule has 22 heavy (non-hydrogen) atoms. The fourth-order valence-electron chi connectivity index (χ4n) is 4.18. The van der Waals surface area contributed by atoms with Gasteiger partial charge in [-0.2, -0.15) is 0 Å². The van der Waals surface area contributed by atoms with Crippen LogP contribution in [-0.2, 0) is 0 Å². The Bertz CT molecular complexity index is 567. The summed E-state index contributed by atoms with van der Waals surface area (Å²) in [5.41, 5.74) is 5.98. The van der Waals surface area contributed by atoms with Gasteiger partial charge < -0.3 is 5.32 Å². The van der Waals surface area contributed by atoms with Crippen molar-refractivity contribution in [2.45, 2.75) is 43.5 Å². The molecule has 2 aliphatic carbocycles. The highest BCUT2D eigenvalue weighted by Crippen LogP contribution is 2.40. The van der Waals surface area contributed by atoms with Crippen molar-refractivity contribution in [2.24, 2.45) is 4.99 Å². The maximum absolute atomic E-state index is 6.39. The third-order valence-electron chi connectivity index (χ3n) is 5.30. The lowest BCUT2D eigenvalue weighted by molar-refractivity contribution is 0.214. The van der Waals surface area contributed by atoms with E-state index in [2.05, 4.69) is 28.6 Å². The first kappa shape index (κ1) is 14.7. The second-order valence-electron chi connectivity index (χ2n) is 6.67. The highest BCUT2D eigenvalue weighted by molar-refractivity contribution is 6.22. The largest absolute Gasteiger partial charge is 0.314 e. The van der Waals surface area contributed by atoms with Crippen molar-refractivity contribution < 1.29 is 0 Å². The number of aliphatic imine (C=N–C) groups is 1.